The van der Waals surface area contributed by atoms with Gasteiger partial charge in [0.2, 0.25) is 0 Å². The van der Waals surface area contributed by atoms with Crippen molar-refractivity contribution in [1.82, 2.24) is 9.50 Å². The molecule has 0 atom stereocenters. The molecule has 0 spiro atoms. The molecule has 0 fully saturated rings. The Hall–Kier alpha value is -0.283. The molecule has 0 radical (unpaired) electrons. The maximum atomic E-state index is 11.0. The molecule has 0 bridgehead atoms. The van der Waals surface area contributed by atoms with Crippen LogP contribution in [0.5, 0.6) is 0 Å². The van der Waals surface area contributed by atoms with Crippen LogP contribution in [0.2, 0.25) is 0 Å². The number of rotatable bonds is 2. The first kappa shape index (κ1) is 25.7. The van der Waals surface area contributed by atoms with Gasteiger partial charge in [-0.05, 0) is 0 Å². The predicted molar refractivity (Wildman–Crippen MR) is 45.2 cm³/mol. The van der Waals surface area contributed by atoms with Gasteiger partial charge in [-0.25, -0.2) is 0 Å². The van der Waals surface area contributed by atoms with Gasteiger partial charge in [-0.3, -0.25) is 0 Å². The number of nitrogens with zero attached hydrogens (tertiary/aromatic N) is 2. The molecule has 0 aromatic carbocycles. The molecule has 21 heavy (non-hydrogen) atoms. The van der Waals surface area contributed by atoms with Gasteiger partial charge in [-0.1, -0.05) is 17.9 Å². The van der Waals surface area contributed by atoms with Crippen molar-refractivity contribution in [3.05, 3.63) is 0 Å². The first-order valence-electron chi connectivity index (χ1n) is 3.25. The molecule has 0 rings (SSSR count). The van der Waals surface area contributed by atoms with Crippen LogP contribution in [-0.2, 0) is 20.0 Å². The van der Waals surface area contributed by atoms with Crippen LogP contribution >= 0.6 is 0 Å². The summed E-state index contributed by atoms with van der Waals surface area (Å²) < 4.78 is 141. The van der Waals surface area contributed by atoms with Gasteiger partial charge in [0.05, 0.1) is 0 Å². The number of sulfonamides is 2. The topological polar surface area (TPSA) is 74.8 Å². The quantitative estimate of drug-likeness (QED) is 0.411. The van der Waals surface area contributed by atoms with Gasteiger partial charge in [-0.2, -0.15) is 43.2 Å². The van der Waals surface area contributed by atoms with Crippen molar-refractivity contribution >= 4 is 38.9 Å². The Balaban J connectivity index is -0.000000295. The predicted octanol–water partition coefficient (Wildman–Crippen LogP) is 1.17. The van der Waals surface area contributed by atoms with Gasteiger partial charge in [0.15, 0.2) is 0 Å². The molecule has 0 N–H and O–H groups in total. The molecule has 0 amide bonds. The number of hydrogen-bond donors (Lipinski definition) is 0. The van der Waals surface area contributed by atoms with E-state index >= 15 is 0 Å². The average molecular weight is 378 g/mol. The van der Waals surface area contributed by atoms with E-state index in [2.05, 4.69) is 0 Å². The Morgan fingerprint density at radius 3 is 0.714 bits per heavy atom. The van der Waals surface area contributed by atoms with E-state index in [0.29, 0.717) is 0 Å². The molecular weight excluding hydrogens is 377 g/mol. The zero-order valence-corrected chi connectivity index (χ0v) is 9.76. The van der Waals surface area contributed by atoms with Gasteiger partial charge in [0.1, 0.15) is 9.50 Å². The summed E-state index contributed by atoms with van der Waals surface area (Å²) in [7, 11) is -12.8. The molecule has 6 nitrogen and oxygen atoms in total. The minimum atomic E-state index is -6.41. The normalized spacial score (nSPS) is 13.5. The van der Waals surface area contributed by atoms with Crippen LogP contribution in [0.4, 0.5) is 44.3 Å². The molecule has 0 aliphatic carbocycles. The van der Waals surface area contributed by atoms with Crippen molar-refractivity contribution in [2.24, 2.45) is 0 Å². The molecule has 0 aliphatic heterocycles. The molecule has 0 heterocycles. The third-order valence-electron chi connectivity index (χ3n) is 0.948. The van der Waals surface area contributed by atoms with Crippen LogP contribution in [-0.4, -0.2) is 56.2 Å². The summed E-state index contributed by atoms with van der Waals surface area (Å²) in [5, 5.41) is 0. The van der Waals surface area contributed by atoms with Crippen LogP contribution in [0.1, 0.15) is 0 Å². The first-order valence-corrected chi connectivity index (χ1v) is 6.13. The summed E-state index contributed by atoms with van der Waals surface area (Å²) in [6.45, 7) is 0. The number of alkyl halides is 6. The van der Waals surface area contributed by atoms with Crippen molar-refractivity contribution in [3.8, 4) is 0 Å². The Kier molecular flexibility index (Phi) is 9.56. The average Bonchev–Trinajstić information content (AvgIpc) is 2.14. The molecule has 0 saturated carbocycles. The van der Waals surface area contributed by atoms with E-state index < -0.39 is 40.6 Å². The van der Waals surface area contributed by atoms with Gasteiger partial charge < -0.3 is 0 Å². The van der Waals surface area contributed by atoms with E-state index in [9.17, 15) is 61.1 Å². The second kappa shape index (κ2) is 7.82. The van der Waals surface area contributed by atoms with E-state index in [1.807, 2.05) is 0 Å². The summed E-state index contributed by atoms with van der Waals surface area (Å²) in [6.07, 6.45) is 0. The Bertz CT molecular complexity index is 458. The van der Waals surface area contributed by atoms with Crippen molar-refractivity contribution in [2.75, 3.05) is 0 Å². The van der Waals surface area contributed by atoms with Crippen molar-refractivity contribution < 1.29 is 61.1 Å². The number of hydrogen-bond acceptors (Lipinski definition) is 4. The molecule has 126 valence electrons. The standard InChI is InChI=1S/2CF5NO2S.Li.H/c2*2-1(3,4)10(8,9)7(5)6;;. The molecule has 0 aromatic heterocycles. The van der Waals surface area contributed by atoms with Crippen molar-refractivity contribution in [3.63, 3.8) is 0 Å². The van der Waals surface area contributed by atoms with Crippen LogP contribution < -0.4 is 0 Å². The zero-order chi connectivity index (χ0) is 17.2. The van der Waals surface area contributed by atoms with Crippen LogP contribution in [0.25, 0.3) is 0 Å². The second-order valence-electron chi connectivity index (χ2n) is 2.25. The fraction of sp³-hybridized carbons (Fsp3) is 1.00. The summed E-state index contributed by atoms with van der Waals surface area (Å²) in [5.74, 6) is 0. The summed E-state index contributed by atoms with van der Waals surface area (Å²) >= 11 is 0. The van der Waals surface area contributed by atoms with Gasteiger partial charge in [-0.15, -0.1) is 0 Å². The first-order chi connectivity index (χ1) is 8.39. The fourth-order valence-corrected chi connectivity index (χ4v) is 0.469. The monoisotopic (exact) mass is 378 g/mol. The Morgan fingerprint density at radius 2 is 0.714 bits per heavy atom. The van der Waals surface area contributed by atoms with E-state index in [1.165, 1.54) is 0 Å². The SMILES string of the molecule is O=S(=O)(N(F)F)C(F)(F)F.O=S(=O)(N(F)F)C(F)(F)F.[LiH]. The Morgan fingerprint density at radius 1 is 0.571 bits per heavy atom. The third kappa shape index (κ3) is 7.01. The molecular formula is C2HF10LiN2O4S2. The van der Waals surface area contributed by atoms with E-state index in [4.69, 9.17) is 0 Å². The van der Waals surface area contributed by atoms with Crippen LogP contribution in [0.15, 0.2) is 0 Å². The van der Waals surface area contributed by atoms with Gasteiger partial charge in [0, 0.05) is 0 Å². The molecule has 0 saturated heterocycles. The molecule has 0 aromatic rings. The van der Waals surface area contributed by atoms with Crippen molar-refractivity contribution in [2.45, 2.75) is 11.0 Å². The fourth-order valence-electron chi connectivity index (χ4n) is 0.156. The summed E-state index contributed by atoms with van der Waals surface area (Å²) in [4.78, 5) is 0. The van der Waals surface area contributed by atoms with E-state index in [1.54, 1.807) is 0 Å². The van der Waals surface area contributed by atoms with Gasteiger partial charge in [0.25, 0.3) is 0 Å². The van der Waals surface area contributed by atoms with E-state index in [-0.39, 0.29) is 18.9 Å². The second-order valence-corrected chi connectivity index (χ2v) is 5.62. The maximum absolute atomic E-state index is 11.0. The summed E-state index contributed by atoms with van der Waals surface area (Å²) in [6, 6.07) is 0. The van der Waals surface area contributed by atoms with Crippen LogP contribution in [0.3, 0.4) is 0 Å². The molecule has 0 unspecified atom stereocenters. The van der Waals surface area contributed by atoms with Gasteiger partial charge >= 0.3 is 49.9 Å². The number of halogens is 10. The summed E-state index contributed by atoms with van der Waals surface area (Å²) in [5.41, 5.74) is -11.9. The Labute approximate surface area is 121 Å². The third-order valence-corrected chi connectivity index (χ3v) is 2.85. The van der Waals surface area contributed by atoms with Crippen molar-refractivity contribution in [1.29, 1.82) is 0 Å². The molecule has 19 heteroatoms. The minimum absolute atomic E-state index is 0. The molecule has 0 aliphatic rings. The van der Waals surface area contributed by atoms with E-state index in [0.717, 1.165) is 0 Å². The zero-order valence-electron chi connectivity index (χ0n) is 8.12. The van der Waals surface area contributed by atoms with Crippen LogP contribution in [0, 0.1) is 0 Å².